The third-order valence-corrected chi connectivity index (χ3v) is 6.18. The van der Waals surface area contributed by atoms with Gasteiger partial charge in [0.15, 0.2) is 5.78 Å². The summed E-state index contributed by atoms with van der Waals surface area (Å²) in [7, 11) is 0. The summed E-state index contributed by atoms with van der Waals surface area (Å²) in [6, 6.07) is 22.8. The predicted octanol–water partition coefficient (Wildman–Crippen LogP) is 6.05. The molecule has 2 N–H and O–H groups in total. The van der Waals surface area contributed by atoms with Gasteiger partial charge >= 0.3 is 6.03 Å². The lowest BCUT2D eigenvalue weighted by atomic mass is 9.98. The van der Waals surface area contributed by atoms with E-state index in [2.05, 4.69) is 15.4 Å². The average molecular weight is 497 g/mol. The van der Waals surface area contributed by atoms with Crippen LogP contribution in [0.25, 0.3) is 0 Å². The summed E-state index contributed by atoms with van der Waals surface area (Å²) in [5.41, 5.74) is 3.15. The van der Waals surface area contributed by atoms with Gasteiger partial charge in [0.05, 0.1) is 17.4 Å². The highest BCUT2D eigenvalue weighted by atomic mass is 35.5. The van der Waals surface area contributed by atoms with Gasteiger partial charge in [0, 0.05) is 46.1 Å². The minimum absolute atomic E-state index is 0.0706. The van der Waals surface area contributed by atoms with E-state index in [0.717, 1.165) is 5.56 Å². The number of hydrogen-bond donors (Lipinski definition) is 2. The summed E-state index contributed by atoms with van der Waals surface area (Å²) in [5.74, 6) is -0.179. The minimum atomic E-state index is -0.541. The van der Waals surface area contributed by atoms with Crippen LogP contribution in [-0.4, -0.2) is 32.6 Å². The van der Waals surface area contributed by atoms with E-state index in [9.17, 15) is 14.7 Å². The van der Waals surface area contributed by atoms with Gasteiger partial charge in [-0.2, -0.15) is 5.10 Å². The van der Waals surface area contributed by atoms with Crippen molar-refractivity contribution in [3.8, 4) is 5.75 Å². The number of nitrogens with one attached hydrogen (secondary N) is 1. The Hall–Kier alpha value is -4.49. The van der Waals surface area contributed by atoms with Gasteiger partial charge in [-0.05, 0) is 48.5 Å². The number of pyridine rings is 1. The van der Waals surface area contributed by atoms with E-state index in [1.165, 1.54) is 5.01 Å². The molecule has 1 aromatic heterocycles. The molecule has 2 heterocycles. The summed E-state index contributed by atoms with van der Waals surface area (Å²) in [4.78, 5) is 30.8. The third-order valence-electron chi connectivity index (χ3n) is 5.93. The van der Waals surface area contributed by atoms with Gasteiger partial charge in [-0.15, -0.1) is 0 Å². The molecule has 1 atom stereocenters. The van der Waals surface area contributed by atoms with Crippen molar-refractivity contribution in [3.05, 3.63) is 125 Å². The van der Waals surface area contributed by atoms with Crippen LogP contribution < -0.4 is 5.32 Å². The Bertz CT molecular complexity index is 1460. The van der Waals surface area contributed by atoms with Crippen LogP contribution in [0.5, 0.6) is 5.75 Å². The van der Waals surface area contributed by atoms with Crippen LogP contribution >= 0.6 is 11.6 Å². The number of urea groups is 1. The van der Waals surface area contributed by atoms with E-state index in [4.69, 9.17) is 11.6 Å². The smallest absolute Gasteiger partial charge is 0.342 e. The Morgan fingerprint density at radius 1 is 0.944 bits per heavy atom. The number of aromatic hydroxyl groups is 1. The highest BCUT2D eigenvalue weighted by molar-refractivity contribution is 6.30. The van der Waals surface area contributed by atoms with Crippen LogP contribution in [-0.2, 0) is 0 Å². The minimum Gasteiger partial charge on any atom is -0.508 e. The molecule has 1 aliphatic rings. The zero-order valence-corrected chi connectivity index (χ0v) is 19.8. The summed E-state index contributed by atoms with van der Waals surface area (Å²) in [6.07, 6.45) is 3.74. The first-order valence-electron chi connectivity index (χ1n) is 11.3. The second-order valence-corrected chi connectivity index (χ2v) is 8.66. The van der Waals surface area contributed by atoms with E-state index in [-0.39, 0.29) is 11.5 Å². The first-order chi connectivity index (χ1) is 17.5. The number of nitrogens with zero attached hydrogens (tertiary/aromatic N) is 3. The summed E-state index contributed by atoms with van der Waals surface area (Å²) >= 11 is 5.96. The van der Waals surface area contributed by atoms with Crippen LogP contribution in [0.2, 0.25) is 5.02 Å². The molecule has 0 fully saturated rings. The van der Waals surface area contributed by atoms with Gasteiger partial charge in [-0.1, -0.05) is 48.0 Å². The molecule has 2 amide bonds. The van der Waals surface area contributed by atoms with E-state index in [0.29, 0.717) is 39.5 Å². The van der Waals surface area contributed by atoms with Crippen molar-refractivity contribution in [2.75, 3.05) is 5.32 Å². The summed E-state index contributed by atoms with van der Waals surface area (Å²) in [6.45, 7) is 0. The molecule has 0 bridgehead atoms. The number of benzene rings is 3. The van der Waals surface area contributed by atoms with Gasteiger partial charge in [0.25, 0.3) is 0 Å². The lowest BCUT2D eigenvalue weighted by Gasteiger charge is -2.23. The van der Waals surface area contributed by atoms with Crippen molar-refractivity contribution in [1.82, 2.24) is 9.99 Å². The van der Waals surface area contributed by atoms with Crippen LogP contribution in [0.1, 0.15) is 39.5 Å². The third kappa shape index (κ3) is 4.69. The van der Waals surface area contributed by atoms with Crippen molar-refractivity contribution in [3.63, 3.8) is 0 Å². The van der Waals surface area contributed by atoms with Crippen molar-refractivity contribution < 1.29 is 14.7 Å². The molecular formula is C28H21ClN4O3. The number of aromatic nitrogens is 1. The maximum absolute atomic E-state index is 13.5. The van der Waals surface area contributed by atoms with Crippen LogP contribution in [0.3, 0.4) is 0 Å². The molecular weight excluding hydrogens is 476 g/mol. The number of ketones is 1. The molecule has 0 radical (unpaired) electrons. The molecule has 1 unspecified atom stereocenters. The topological polar surface area (TPSA) is 94.9 Å². The van der Waals surface area contributed by atoms with Gasteiger partial charge in [0.2, 0.25) is 0 Å². The Kier molecular flexibility index (Phi) is 6.47. The second-order valence-electron chi connectivity index (χ2n) is 8.22. The first kappa shape index (κ1) is 23.3. The molecule has 4 aromatic rings. The van der Waals surface area contributed by atoms with Gasteiger partial charge in [-0.25, -0.2) is 9.80 Å². The summed E-state index contributed by atoms with van der Waals surface area (Å²) < 4.78 is 0. The fraction of sp³-hybridized carbons (Fsp3) is 0.0714. The van der Waals surface area contributed by atoms with Gasteiger partial charge in [-0.3, -0.25) is 9.78 Å². The number of carbonyl (C=O) groups excluding carboxylic acids is 2. The number of phenols is 1. The van der Waals surface area contributed by atoms with E-state index in [1.54, 1.807) is 91.3 Å². The maximum Gasteiger partial charge on any atom is 0.342 e. The fourth-order valence-corrected chi connectivity index (χ4v) is 4.26. The Labute approximate surface area is 212 Å². The van der Waals surface area contributed by atoms with Crippen molar-refractivity contribution in [1.29, 1.82) is 0 Å². The highest BCUT2D eigenvalue weighted by Crippen LogP contribution is 2.37. The van der Waals surface area contributed by atoms with Crippen molar-refractivity contribution in [2.45, 2.75) is 12.5 Å². The monoisotopic (exact) mass is 496 g/mol. The lowest BCUT2D eigenvalue weighted by molar-refractivity contribution is 0.103. The Morgan fingerprint density at radius 3 is 2.44 bits per heavy atom. The second kappa shape index (κ2) is 10.0. The zero-order valence-electron chi connectivity index (χ0n) is 19.0. The van der Waals surface area contributed by atoms with Crippen LogP contribution in [0.15, 0.2) is 102 Å². The Morgan fingerprint density at radius 2 is 1.69 bits per heavy atom. The number of carbonyl (C=O) groups is 2. The molecule has 8 heteroatoms. The van der Waals surface area contributed by atoms with E-state index >= 15 is 0 Å². The first-order valence-corrected chi connectivity index (χ1v) is 11.6. The number of phenolic OH excluding ortho intramolecular Hbond substituents is 1. The number of para-hydroxylation sites is 2. The normalized spacial score (nSPS) is 14.9. The number of amides is 2. The molecule has 0 aliphatic carbocycles. The molecule has 7 nitrogen and oxygen atoms in total. The molecule has 3 aromatic carbocycles. The number of halogens is 1. The molecule has 36 heavy (non-hydrogen) atoms. The number of rotatable bonds is 5. The summed E-state index contributed by atoms with van der Waals surface area (Å²) in [5, 5.41) is 19.8. The standard InChI is InChI=1S/C28H21ClN4O3/c29-20-13-11-18(12-14-20)27(35)21-7-1-3-9-23(21)31-28(36)33-25(22-8-2-4-10-26(22)34)16-24(32-33)19-6-5-15-30-17-19/h1-15,17,25,34H,16H2,(H,31,36). The lowest BCUT2D eigenvalue weighted by Crippen LogP contribution is -2.32. The highest BCUT2D eigenvalue weighted by Gasteiger charge is 2.35. The predicted molar refractivity (Wildman–Crippen MR) is 138 cm³/mol. The Balaban J connectivity index is 1.47. The molecule has 5 rings (SSSR count). The number of hydrazone groups is 1. The average Bonchev–Trinajstić information content (AvgIpc) is 3.35. The molecule has 0 saturated heterocycles. The van der Waals surface area contributed by atoms with E-state index in [1.807, 2.05) is 6.07 Å². The number of anilines is 1. The van der Waals surface area contributed by atoms with E-state index < -0.39 is 12.1 Å². The quantitative estimate of drug-likeness (QED) is 0.328. The SMILES string of the molecule is O=C(c1ccc(Cl)cc1)c1ccccc1NC(=O)N1N=C(c2cccnc2)CC1c1ccccc1O. The number of hydrogen-bond acceptors (Lipinski definition) is 5. The van der Waals surface area contributed by atoms with Gasteiger partial charge in [0.1, 0.15) is 5.75 Å². The molecule has 0 saturated carbocycles. The largest absolute Gasteiger partial charge is 0.508 e. The van der Waals surface area contributed by atoms with Crippen molar-refractivity contribution in [2.24, 2.45) is 5.10 Å². The fourth-order valence-electron chi connectivity index (χ4n) is 4.14. The maximum atomic E-state index is 13.5. The molecule has 0 spiro atoms. The van der Waals surface area contributed by atoms with Gasteiger partial charge < -0.3 is 10.4 Å². The molecule has 1 aliphatic heterocycles. The van der Waals surface area contributed by atoms with Crippen LogP contribution in [0.4, 0.5) is 10.5 Å². The van der Waals surface area contributed by atoms with Crippen molar-refractivity contribution >= 4 is 34.8 Å². The molecule has 178 valence electrons. The van der Waals surface area contributed by atoms with Crippen LogP contribution in [0, 0.1) is 0 Å². The zero-order chi connectivity index (χ0) is 25.1.